The molecule has 0 aromatic heterocycles. The van der Waals surface area contributed by atoms with Crippen molar-refractivity contribution in [1.82, 2.24) is 0 Å². The highest BCUT2D eigenvalue weighted by molar-refractivity contribution is 7.82. The Kier molecular flexibility index (Phi) is 3.19. The van der Waals surface area contributed by atoms with Crippen molar-refractivity contribution in [2.45, 2.75) is 12.3 Å². The van der Waals surface area contributed by atoms with Crippen LogP contribution in [-0.2, 0) is 0 Å². The predicted octanol–water partition coefficient (Wildman–Crippen LogP) is 0.256. The van der Waals surface area contributed by atoms with Crippen LogP contribution in [0.25, 0.3) is 0 Å². The van der Waals surface area contributed by atoms with Crippen LogP contribution in [0.2, 0.25) is 0 Å². The van der Waals surface area contributed by atoms with E-state index in [2.05, 4.69) is 0 Å². The van der Waals surface area contributed by atoms with E-state index in [1.165, 1.54) is 20.3 Å². The molecule has 0 rings (SSSR count). The van der Waals surface area contributed by atoms with Crippen molar-refractivity contribution in [2.24, 2.45) is 0 Å². The third-order valence-corrected chi connectivity index (χ3v) is 6.87. The molecule has 4 N–H and O–H groups in total. The van der Waals surface area contributed by atoms with Gasteiger partial charge in [0.25, 0.3) is 5.40 Å². The van der Waals surface area contributed by atoms with Gasteiger partial charge in [0.15, 0.2) is 0 Å². The zero-order valence-corrected chi connectivity index (χ0v) is 8.05. The topological polar surface area (TPSA) is 80.9 Å². The SMILES string of the molecule is CC([P+](C)(O)O)[P+](C)(O)O. The van der Waals surface area contributed by atoms with Crippen molar-refractivity contribution in [2.75, 3.05) is 13.3 Å². The Morgan fingerprint density at radius 2 is 1.10 bits per heavy atom. The standard InChI is InChI=1S/C4H14O4P2/c1-4(9(2,5)6)10(3,7)8/h4-8H,1-3H3/q+2. The molecule has 0 heterocycles. The summed E-state index contributed by atoms with van der Waals surface area (Å²) in [6.07, 6.45) is 0. The van der Waals surface area contributed by atoms with Gasteiger partial charge in [-0.25, -0.2) is 19.6 Å². The summed E-state index contributed by atoms with van der Waals surface area (Å²) in [5.74, 6) is 0. The third-order valence-electron chi connectivity index (χ3n) is 1.42. The lowest BCUT2D eigenvalue weighted by Gasteiger charge is -2.17. The van der Waals surface area contributed by atoms with Crippen molar-refractivity contribution in [3.8, 4) is 0 Å². The van der Waals surface area contributed by atoms with E-state index >= 15 is 0 Å². The van der Waals surface area contributed by atoms with Gasteiger partial charge in [-0.3, -0.25) is 0 Å². The van der Waals surface area contributed by atoms with Gasteiger partial charge >= 0.3 is 15.4 Å². The molecule has 0 saturated heterocycles. The van der Waals surface area contributed by atoms with E-state index in [0.717, 1.165) is 0 Å². The minimum absolute atomic E-state index is 0.792. The zero-order chi connectivity index (χ0) is 8.58. The Bertz CT molecular complexity index is 99.4. The van der Waals surface area contributed by atoms with Crippen LogP contribution in [-0.4, -0.2) is 38.3 Å². The van der Waals surface area contributed by atoms with E-state index in [1.54, 1.807) is 0 Å². The minimum atomic E-state index is -3.08. The maximum Gasteiger partial charge on any atom is 0.309 e. The Morgan fingerprint density at radius 1 is 0.900 bits per heavy atom. The second kappa shape index (κ2) is 2.98. The van der Waals surface area contributed by atoms with E-state index in [0.29, 0.717) is 0 Å². The lowest BCUT2D eigenvalue weighted by Crippen LogP contribution is -2.11. The Hall–Kier alpha value is 0.700. The first-order chi connectivity index (χ1) is 4.15. The summed E-state index contributed by atoms with van der Waals surface area (Å²) in [7, 11) is -6.16. The molecule has 0 atom stereocenters. The molecule has 0 saturated carbocycles. The van der Waals surface area contributed by atoms with Crippen molar-refractivity contribution >= 4 is 15.4 Å². The van der Waals surface area contributed by atoms with Crippen LogP contribution in [0.3, 0.4) is 0 Å². The fraction of sp³-hybridized carbons (Fsp3) is 1.00. The molecular formula is C4H14O4P2+2. The molecular weight excluding hydrogens is 174 g/mol. The number of rotatable bonds is 2. The summed E-state index contributed by atoms with van der Waals surface area (Å²) in [5.41, 5.74) is 0. The first-order valence-corrected chi connectivity index (χ1v) is 7.21. The van der Waals surface area contributed by atoms with Gasteiger partial charge in [0, 0.05) is 6.92 Å². The maximum absolute atomic E-state index is 9.00. The van der Waals surface area contributed by atoms with Crippen LogP contribution in [0, 0.1) is 0 Å². The normalized spacial score (nSPS) is 14.4. The Balaban J connectivity index is 4.23. The third kappa shape index (κ3) is 3.20. The molecule has 62 valence electrons. The smallest absolute Gasteiger partial charge is 0.216 e. The molecule has 10 heavy (non-hydrogen) atoms. The van der Waals surface area contributed by atoms with E-state index in [9.17, 15) is 0 Å². The summed E-state index contributed by atoms with van der Waals surface area (Å²) >= 11 is 0. The molecule has 0 aromatic rings. The molecule has 0 bridgehead atoms. The monoisotopic (exact) mass is 188 g/mol. The van der Waals surface area contributed by atoms with Crippen molar-refractivity contribution in [1.29, 1.82) is 0 Å². The first kappa shape index (κ1) is 10.7. The second-order valence-electron chi connectivity index (χ2n) is 2.59. The van der Waals surface area contributed by atoms with E-state index in [-0.39, 0.29) is 0 Å². The largest absolute Gasteiger partial charge is 0.309 e. The minimum Gasteiger partial charge on any atom is -0.216 e. The average molecular weight is 188 g/mol. The molecule has 0 spiro atoms. The molecule has 0 radical (unpaired) electrons. The molecule has 0 unspecified atom stereocenters. The van der Waals surface area contributed by atoms with Gasteiger partial charge in [0.2, 0.25) is 0 Å². The summed E-state index contributed by atoms with van der Waals surface area (Å²) in [6, 6.07) is 0. The average Bonchev–Trinajstić information content (AvgIpc) is 1.59. The maximum atomic E-state index is 9.00. The lowest BCUT2D eigenvalue weighted by molar-refractivity contribution is 0.425. The fourth-order valence-corrected chi connectivity index (χ4v) is 3.73. The molecule has 0 aromatic carbocycles. The first-order valence-electron chi connectivity index (χ1n) is 2.79. The molecule has 0 amide bonds. The highest BCUT2D eigenvalue weighted by Crippen LogP contribution is 2.69. The van der Waals surface area contributed by atoms with Crippen LogP contribution in [0.4, 0.5) is 0 Å². The van der Waals surface area contributed by atoms with E-state index in [4.69, 9.17) is 19.6 Å². The molecule has 0 fully saturated rings. The van der Waals surface area contributed by atoms with Gasteiger partial charge in [0.05, 0.1) is 0 Å². The highest BCUT2D eigenvalue weighted by atomic mass is 31.3. The van der Waals surface area contributed by atoms with Crippen molar-refractivity contribution in [3.63, 3.8) is 0 Å². The van der Waals surface area contributed by atoms with Gasteiger partial charge in [-0.05, 0) is 0 Å². The van der Waals surface area contributed by atoms with Crippen LogP contribution in [0.1, 0.15) is 6.92 Å². The molecule has 0 aliphatic rings. The number of hydrogen-bond acceptors (Lipinski definition) is 4. The molecule has 6 heteroatoms. The lowest BCUT2D eigenvalue weighted by atomic mass is 11.0. The quantitative estimate of drug-likeness (QED) is 0.468. The summed E-state index contributed by atoms with van der Waals surface area (Å²) in [6.45, 7) is 3.91. The van der Waals surface area contributed by atoms with Crippen molar-refractivity contribution in [3.05, 3.63) is 0 Å². The zero-order valence-electron chi connectivity index (χ0n) is 6.26. The van der Waals surface area contributed by atoms with Crippen LogP contribution in [0.5, 0.6) is 0 Å². The molecule has 4 nitrogen and oxygen atoms in total. The van der Waals surface area contributed by atoms with Gasteiger partial charge < -0.3 is 0 Å². The van der Waals surface area contributed by atoms with E-state index in [1.807, 2.05) is 0 Å². The number of hydrogen-bond donors (Lipinski definition) is 4. The summed E-state index contributed by atoms with van der Waals surface area (Å²) < 4.78 is 0. The molecule has 0 aliphatic heterocycles. The molecule has 0 aliphatic carbocycles. The van der Waals surface area contributed by atoms with Gasteiger partial charge in [-0.15, -0.1) is 0 Å². The summed E-state index contributed by atoms with van der Waals surface area (Å²) in [5, 5.41) is -0.792. The van der Waals surface area contributed by atoms with Crippen LogP contribution in [0.15, 0.2) is 0 Å². The second-order valence-corrected chi connectivity index (χ2v) is 8.46. The van der Waals surface area contributed by atoms with Gasteiger partial charge in [0.1, 0.15) is 13.3 Å². The van der Waals surface area contributed by atoms with Crippen LogP contribution < -0.4 is 0 Å². The van der Waals surface area contributed by atoms with E-state index < -0.39 is 20.8 Å². The highest BCUT2D eigenvalue weighted by Gasteiger charge is 2.53. The van der Waals surface area contributed by atoms with Gasteiger partial charge in [-0.1, -0.05) is 0 Å². The Labute approximate surface area is 61.5 Å². The van der Waals surface area contributed by atoms with Crippen LogP contribution >= 0.6 is 15.4 Å². The summed E-state index contributed by atoms with van der Waals surface area (Å²) in [4.78, 5) is 36.0. The van der Waals surface area contributed by atoms with Crippen molar-refractivity contribution < 1.29 is 19.6 Å². The fourth-order valence-electron chi connectivity index (χ4n) is 0.414. The Morgan fingerprint density at radius 3 is 1.10 bits per heavy atom. The predicted molar refractivity (Wildman–Crippen MR) is 44.0 cm³/mol. The van der Waals surface area contributed by atoms with Gasteiger partial charge in [-0.2, -0.15) is 0 Å².